The topological polar surface area (TPSA) is 70.9 Å². The monoisotopic (exact) mass is 229 g/mol. The van der Waals surface area contributed by atoms with Crippen molar-refractivity contribution < 1.29 is 0 Å². The minimum absolute atomic E-state index is 0.233. The van der Waals surface area contributed by atoms with E-state index in [1.165, 1.54) is 0 Å². The largest absolute Gasteiger partial charge is 0.394 e. The van der Waals surface area contributed by atoms with Crippen LogP contribution in [0.25, 0.3) is 11.1 Å². The van der Waals surface area contributed by atoms with E-state index in [2.05, 4.69) is 10.3 Å². The Morgan fingerprint density at radius 2 is 2.06 bits per heavy atom. The van der Waals surface area contributed by atoms with Crippen LogP contribution in [-0.2, 0) is 0 Å². The molecule has 2 aromatic rings. The standard InChI is InChI=1S/C13H15N3O/c1-8-3-4-10(15-2)6-11(8)9-5-12(14)13(17)16-7-9/h3-7,15H,14H2,1-2H3,(H,16,17). The van der Waals surface area contributed by atoms with Crippen LogP contribution >= 0.6 is 0 Å². The Balaban J connectivity index is 2.59. The molecule has 0 aliphatic rings. The number of rotatable bonds is 2. The third kappa shape index (κ3) is 2.15. The summed E-state index contributed by atoms with van der Waals surface area (Å²) in [6.45, 7) is 2.02. The molecule has 4 N–H and O–H groups in total. The van der Waals surface area contributed by atoms with Crippen molar-refractivity contribution in [3.8, 4) is 11.1 Å². The second-order valence-corrected chi connectivity index (χ2v) is 3.95. The average molecular weight is 229 g/mol. The number of nitrogens with two attached hydrogens (primary N) is 1. The maximum absolute atomic E-state index is 11.2. The first-order valence-electron chi connectivity index (χ1n) is 5.39. The maximum Gasteiger partial charge on any atom is 0.271 e. The minimum atomic E-state index is -0.254. The molecule has 0 amide bonds. The lowest BCUT2D eigenvalue weighted by molar-refractivity contribution is 1.24. The molecular weight excluding hydrogens is 214 g/mol. The lowest BCUT2D eigenvalue weighted by atomic mass is 10.0. The summed E-state index contributed by atoms with van der Waals surface area (Å²) < 4.78 is 0. The number of aryl methyl sites for hydroxylation is 1. The molecule has 88 valence electrons. The number of pyridine rings is 1. The second-order valence-electron chi connectivity index (χ2n) is 3.95. The summed E-state index contributed by atoms with van der Waals surface area (Å²) >= 11 is 0. The molecule has 1 aromatic carbocycles. The van der Waals surface area contributed by atoms with E-state index in [9.17, 15) is 4.79 Å². The Bertz CT molecular complexity index is 602. The highest BCUT2D eigenvalue weighted by Gasteiger charge is 2.05. The van der Waals surface area contributed by atoms with Gasteiger partial charge in [-0.25, -0.2) is 0 Å². The van der Waals surface area contributed by atoms with Gasteiger partial charge < -0.3 is 16.0 Å². The first kappa shape index (κ1) is 11.3. The van der Waals surface area contributed by atoms with Crippen molar-refractivity contribution in [3.63, 3.8) is 0 Å². The summed E-state index contributed by atoms with van der Waals surface area (Å²) in [6.07, 6.45) is 1.68. The Kier molecular flexibility index (Phi) is 2.87. The Hall–Kier alpha value is -2.23. The Morgan fingerprint density at radius 1 is 1.29 bits per heavy atom. The fourth-order valence-corrected chi connectivity index (χ4v) is 1.75. The molecule has 4 heteroatoms. The van der Waals surface area contributed by atoms with Gasteiger partial charge in [0.1, 0.15) is 0 Å². The van der Waals surface area contributed by atoms with Crippen LogP contribution in [0.5, 0.6) is 0 Å². The molecule has 2 rings (SSSR count). The van der Waals surface area contributed by atoms with E-state index in [1.54, 1.807) is 12.3 Å². The van der Waals surface area contributed by atoms with Crippen LogP contribution in [0.2, 0.25) is 0 Å². The van der Waals surface area contributed by atoms with Crippen molar-refractivity contribution in [1.29, 1.82) is 0 Å². The predicted octanol–water partition coefficient (Wildman–Crippen LogP) is 1.97. The molecule has 0 atom stereocenters. The average Bonchev–Trinajstić information content (AvgIpc) is 2.33. The van der Waals surface area contributed by atoms with Crippen LogP contribution in [-0.4, -0.2) is 12.0 Å². The van der Waals surface area contributed by atoms with E-state index in [-0.39, 0.29) is 11.2 Å². The predicted molar refractivity (Wildman–Crippen MR) is 71.2 cm³/mol. The van der Waals surface area contributed by atoms with Crippen LogP contribution in [0, 0.1) is 6.92 Å². The molecule has 1 heterocycles. The van der Waals surface area contributed by atoms with E-state index in [0.717, 1.165) is 22.4 Å². The van der Waals surface area contributed by atoms with Crippen molar-refractivity contribution in [1.82, 2.24) is 4.98 Å². The molecule has 0 bridgehead atoms. The third-order valence-electron chi connectivity index (χ3n) is 2.77. The number of nitrogens with one attached hydrogen (secondary N) is 2. The summed E-state index contributed by atoms with van der Waals surface area (Å²) in [5, 5.41) is 3.09. The molecule has 4 nitrogen and oxygen atoms in total. The van der Waals surface area contributed by atoms with Crippen molar-refractivity contribution in [2.24, 2.45) is 0 Å². The van der Waals surface area contributed by atoms with E-state index in [0.29, 0.717) is 0 Å². The van der Waals surface area contributed by atoms with Crippen LogP contribution in [0.1, 0.15) is 5.56 Å². The first-order chi connectivity index (χ1) is 8.11. The fourth-order valence-electron chi connectivity index (χ4n) is 1.75. The highest BCUT2D eigenvalue weighted by Crippen LogP contribution is 2.26. The smallest absolute Gasteiger partial charge is 0.271 e. The lowest BCUT2D eigenvalue weighted by Gasteiger charge is -2.09. The number of H-pyrrole nitrogens is 1. The van der Waals surface area contributed by atoms with Gasteiger partial charge in [0.2, 0.25) is 0 Å². The van der Waals surface area contributed by atoms with Crippen LogP contribution in [0.4, 0.5) is 11.4 Å². The quantitative estimate of drug-likeness (QED) is 0.737. The highest BCUT2D eigenvalue weighted by molar-refractivity contribution is 5.72. The number of aromatic nitrogens is 1. The SMILES string of the molecule is CNc1ccc(C)c(-c2c[nH]c(=O)c(N)c2)c1. The zero-order chi connectivity index (χ0) is 12.4. The zero-order valence-electron chi connectivity index (χ0n) is 9.87. The third-order valence-corrected chi connectivity index (χ3v) is 2.77. The van der Waals surface area contributed by atoms with Gasteiger partial charge >= 0.3 is 0 Å². The number of benzene rings is 1. The summed E-state index contributed by atoms with van der Waals surface area (Å²) in [4.78, 5) is 13.8. The van der Waals surface area contributed by atoms with Crippen LogP contribution in [0.15, 0.2) is 35.3 Å². The first-order valence-corrected chi connectivity index (χ1v) is 5.39. The molecule has 0 aliphatic heterocycles. The normalized spacial score (nSPS) is 10.2. The summed E-state index contributed by atoms with van der Waals surface area (Å²) in [7, 11) is 1.87. The van der Waals surface area contributed by atoms with Gasteiger partial charge in [-0.2, -0.15) is 0 Å². The number of anilines is 2. The van der Waals surface area contributed by atoms with Gasteiger partial charge in [0.25, 0.3) is 5.56 Å². The van der Waals surface area contributed by atoms with Crippen molar-refractivity contribution >= 4 is 11.4 Å². The van der Waals surface area contributed by atoms with Gasteiger partial charge in [0.05, 0.1) is 5.69 Å². The molecular formula is C13H15N3O. The summed E-state index contributed by atoms with van der Waals surface area (Å²) in [6, 6.07) is 7.76. The molecule has 17 heavy (non-hydrogen) atoms. The molecule has 1 aromatic heterocycles. The minimum Gasteiger partial charge on any atom is -0.394 e. The number of aromatic amines is 1. The highest BCUT2D eigenvalue weighted by atomic mass is 16.1. The molecule has 0 aliphatic carbocycles. The molecule has 0 unspecified atom stereocenters. The molecule has 0 fully saturated rings. The van der Waals surface area contributed by atoms with Crippen LogP contribution in [0.3, 0.4) is 0 Å². The number of hydrogen-bond acceptors (Lipinski definition) is 3. The van der Waals surface area contributed by atoms with Gasteiger partial charge in [-0.05, 0) is 36.2 Å². The summed E-state index contributed by atoms with van der Waals surface area (Å²) in [5.74, 6) is 0. The molecule has 0 saturated carbocycles. The van der Waals surface area contributed by atoms with Gasteiger partial charge in [-0.15, -0.1) is 0 Å². The summed E-state index contributed by atoms with van der Waals surface area (Å²) in [5.41, 5.74) is 9.73. The second kappa shape index (κ2) is 4.33. The fraction of sp³-hybridized carbons (Fsp3) is 0.154. The van der Waals surface area contributed by atoms with Gasteiger partial charge in [0, 0.05) is 24.5 Å². The van der Waals surface area contributed by atoms with Gasteiger partial charge in [0.15, 0.2) is 0 Å². The van der Waals surface area contributed by atoms with E-state index < -0.39 is 0 Å². The van der Waals surface area contributed by atoms with Crippen molar-refractivity contribution in [2.45, 2.75) is 6.92 Å². The Morgan fingerprint density at radius 3 is 2.71 bits per heavy atom. The molecule has 0 spiro atoms. The van der Waals surface area contributed by atoms with Gasteiger partial charge in [-0.3, -0.25) is 4.79 Å². The van der Waals surface area contributed by atoms with E-state index in [1.807, 2.05) is 32.2 Å². The van der Waals surface area contributed by atoms with Gasteiger partial charge in [-0.1, -0.05) is 6.07 Å². The zero-order valence-corrected chi connectivity index (χ0v) is 9.87. The van der Waals surface area contributed by atoms with E-state index >= 15 is 0 Å². The van der Waals surface area contributed by atoms with E-state index in [4.69, 9.17) is 5.73 Å². The maximum atomic E-state index is 11.2. The Labute approximate surface area is 99.5 Å². The molecule has 0 saturated heterocycles. The number of hydrogen-bond donors (Lipinski definition) is 3. The lowest BCUT2D eigenvalue weighted by Crippen LogP contribution is -2.10. The van der Waals surface area contributed by atoms with Crippen molar-refractivity contribution in [2.75, 3.05) is 18.1 Å². The van der Waals surface area contributed by atoms with Crippen molar-refractivity contribution in [3.05, 3.63) is 46.4 Å². The molecule has 0 radical (unpaired) electrons. The number of nitrogen functional groups attached to an aromatic ring is 1. The van der Waals surface area contributed by atoms with Crippen LogP contribution < -0.4 is 16.6 Å².